The molecule has 0 aliphatic rings. The van der Waals surface area contributed by atoms with Crippen LogP contribution in [0.1, 0.15) is 4.88 Å². The molecule has 0 fully saturated rings. The summed E-state index contributed by atoms with van der Waals surface area (Å²) in [6, 6.07) is 5.65. The van der Waals surface area contributed by atoms with Gasteiger partial charge in [-0.25, -0.2) is 4.79 Å². The molecular formula is C12H11BrN4OS. The third-order valence-electron chi connectivity index (χ3n) is 2.82. The molecule has 3 rings (SSSR count). The van der Waals surface area contributed by atoms with Crippen molar-refractivity contribution in [2.45, 2.75) is 6.54 Å². The van der Waals surface area contributed by atoms with Gasteiger partial charge >= 0.3 is 5.69 Å². The van der Waals surface area contributed by atoms with Gasteiger partial charge in [0.05, 0.1) is 23.3 Å². The minimum atomic E-state index is -0.207. The number of hydrogen-bond donors (Lipinski definition) is 4. The molecule has 2 heterocycles. The van der Waals surface area contributed by atoms with Gasteiger partial charge in [-0.15, -0.1) is 11.3 Å². The van der Waals surface area contributed by atoms with Crippen LogP contribution in [0.3, 0.4) is 0 Å². The van der Waals surface area contributed by atoms with E-state index in [4.69, 9.17) is 5.73 Å². The zero-order chi connectivity index (χ0) is 13.4. The van der Waals surface area contributed by atoms with Gasteiger partial charge in [-0.3, -0.25) is 0 Å². The number of nitrogens with two attached hydrogens (primary N) is 1. The van der Waals surface area contributed by atoms with Crippen LogP contribution in [0.15, 0.2) is 32.8 Å². The lowest BCUT2D eigenvalue weighted by atomic mass is 10.2. The van der Waals surface area contributed by atoms with Gasteiger partial charge in [0.15, 0.2) is 0 Å². The van der Waals surface area contributed by atoms with Crippen LogP contribution in [0.2, 0.25) is 0 Å². The number of aromatic nitrogens is 2. The topological polar surface area (TPSA) is 86.7 Å². The Morgan fingerprint density at radius 3 is 2.74 bits per heavy atom. The Labute approximate surface area is 121 Å². The fourth-order valence-electron chi connectivity index (χ4n) is 1.86. The molecule has 2 aromatic heterocycles. The SMILES string of the molecule is Nc1ccsc1CNc1cc2[nH]c(=O)[nH]c2cc1Br. The number of aromatic amines is 2. The Kier molecular flexibility index (Phi) is 3.08. The number of nitrogens with one attached hydrogen (secondary N) is 3. The van der Waals surface area contributed by atoms with Crippen molar-refractivity contribution in [3.05, 3.63) is 43.4 Å². The first-order valence-electron chi connectivity index (χ1n) is 5.61. The number of nitrogen functional groups attached to an aromatic ring is 1. The normalized spacial score (nSPS) is 11.0. The number of rotatable bonds is 3. The number of thiophene rings is 1. The summed E-state index contributed by atoms with van der Waals surface area (Å²) >= 11 is 5.10. The summed E-state index contributed by atoms with van der Waals surface area (Å²) in [5, 5.41) is 5.27. The molecule has 98 valence electrons. The largest absolute Gasteiger partial charge is 0.398 e. The van der Waals surface area contributed by atoms with Crippen molar-refractivity contribution < 1.29 is 0 Å². The van der Waals surface area contributed by atoms with Gasteiger partial charge in [0.1, 0.15) is 0 Å². The summed E-state index contributed by atoms with van der Waals surface area (Å²) in [6.45, 7) is 0.655. The highest BCUT2D eigenvalue weighted by Gasteiger charge is 2.06. The fraction of sp³-hybridized carbons (Fsp3) is 0.0833. The van der Waals surface area contributed by atoms with E-state index in [0.29, 0.717) is 6.54 Å². The summed E-state index contributed by atoms with van der Waals surface area (Å²) in [4.78, 5) is 17.8. The van der Waals surface area contributed by atoms with Crippen molar-refractivity contribution in [2.75, 3.05) is 11.1 Å². The van der Waals surface area contributed by atoms with Crippen molar-refractivity contribution in [3.8, 4) is 0 Å². The van der Waals surface area contributed by atoms with Gasteiger partial charge in [0.25, 0.3) is 0 Å². The van der Waals surface area contributed by atoms with Crippen LogP contribution in [-0.2, 0) is 6.54 Å². The second kappa shape index (κ2) is 4.75. The Bertz CT molecular complexity index is 788. The van der Waals surface area contributed by atoms with Crippen LogP contribution in [-0.4, -0.2) is 9.97 Å². The van der Waals surface area contributed by atoms with E-state index in [1.807, 2.05) is 23.6 Å². The lowest BCUT2D eigenvalue weighted by Crippen LogP contribution is -2.00. The molecule has 0 unspecified atom stereocenters. The molecule has 0 bridgehead atoms. The molecule has 3 aromatic rings. The maximum atomic E-state index is 11.2. The zero-order valence-electron chi connectivity index (χ0n) is 9.79. The molecule has 7 heteroatoms. The van der Waals surface area contributed by atoms with Gasteiger partial charge in [0, 0.05) is 15.0 Å². The van der Waals surface area contributed by atoms with Crippen LogP contribution in [0.5, 0.6) is 0 Å². The van der Waals surface area contributed by atoms with Crippen molar-refractivity contribution in [3.63, 3.8) is 0 Å². The second-order valence-corrected chi connectivity index (χ2v) is 5.96. The Balaban J connectivity index is 1.90. The Morgan fingerprint density at radius 2 is 2.05 bits per heavy atom. The van der Waals surface area contributed by atoms with Crippen LogP contribution in [0, 0.1) is 0 Å². The smallest absolute Gasteiger partial charge is 0.323 e. The van der Waals surface area contributed by atoms with Crippen LogP contribution >= 0.6 is 27.3 Å². The molecule has 0 aliphatic heterocycles. The molecule has 0 atom stereocenters. The highest BCUT2D eigenvalue weighted by Crippen LogP contribution is 2.28. The average Bonchev–Trinajstić information content (AvgIpc) is 2.91. The standard InChI is InChI=1S/C12H11BrN4OS/c13-6-3-9-10(17-12(18)16-9)4-8(6)15-5-11-7(14)1-2-19-11/h1-4,15H,5,14H2,(H2,16,17,18). The van der Waals surface area contributed by atoms with Gasteiger partial charge in [-0.05, 0) is 39.5 Å². The first kappa shape index (κ1) is 12.3. The van der Waals surface area contributed by atoms with Gasteiger partial charge in [-0.1, -0.05) is 0 Å². The van der Waals surface area contributed by atoms with Crippen molar-refractivity contribution in [1.82, 2.24) is 9.97 Å². The van der Waals surface area contributed by atoms with Crippen LogP contribution in [0.4, 0.5) is 11.4 Å². The molecule has 19 heavy (non-hydrogen) atoms. The predicted octanol–water partition coefficient (Wildman–Crippen LogP) is 2.87. The first-order chi connectivity index (χ1) is 9.13. The zero-order valence-corrected chi connectivity index (χ0v) is 12.2. The van der Waals surface area contributed by atoms with E-state index in [1.165, 1.54) is 0 Å². The molecular weight excluding hydrogens is 328 g/mol. The van der Waals surface area contributed by atoms with Gasteiger partial charge in [0.2, 0.25) is 0 Å². The van der Waals surface area contributed by atoms with E-state index < -0.39 is 0 Å². The Hall–Kier alpha value is -1.73. The minimum Gasteiger partial charge on any atom is -0.398 e. The monoisotopic (exact) mass is 338 g/mol. The third-order valence-corrected chi connectivity index (χ3v) is 4.42. The van der Waals surface area contributed by atoms with Gasteiger partial charge < -0.3 is 21.0 Å². The van der Waals surface area contributed by atoms with E-state index in [-0.39, 0.29) is 5.69 Å². The number of anilines is 2. The summed E-state index contributed by atoms with van der Waals surface area (Å²) in [5.74, 6) is 0. The maximum Gasteiger partial charge on any atom is 0.323 e. The van der Waals surface area contributed by atoms with Crippen molar-refractivity contribution in [1.29, 1.82) is 0 Å². The summed E-state index contributed by atoms with van der Waals surface area (Å²) < 4.78 is 0.894. The molecule has 0 amide bonds. The molecule has 0 saturated heterocycles. The second-order valence-electron chi connectivity index (χ2n) is 4.11. The first-order valence-corrected chi connectivity index (χ1v) is 7.28. The van der Waals surface area contributed by atoms with Crippen molar-refractivity contribution in [2.24, 2.45) is 0 Å². The number of hydrogen-bond acceptors (Lipinski definition) is 4. The summed E-state index contributed by atoms with van der Waals surface area (Å²) in [5.41, 5.74) is 8.89. The van der Waals surface area contributed by atoms with Crippen LogP contribution < -0.4 is 16.7 Å². The lowest BCUT2D eigenvalue weighted by molar-refractivity contribution is 1.19. The average molecular weight is 339 g/mol. The van der Waals surface area contributed by atoms with E-state index in [1.54, 1.807) is 11.3 Å². The van der Waals surface area contributed by atoms with E-state index >= 15 is 0 Å². The fourth-order valence-corrected chi connectivity index (χ4v) is 3.08. The van der Waals surface area contributed by atoms with E-state index in [0.717, 1.165) is 31.8 Å². The highest BCUT2D eigenvalue weighted by molar-refractivity contribution is 9.10. The lowest BCUT2D eigenvalue weighted by Gasteiger charge is -2.08. The molecule has 0 saturated carbocycles. The van der Waals surface area contributed by atoms with E-state index in [9.17, 15) is 4.79 Å². The quantitative estimate of drug-likeness (QED) is 0.592. The minimum absolute atomic E-state index is 0.207. The van der Waals surface area contributed by atoms with Gasteiger partial charge in [-0.2, -0.15) is 0 Å². The molecule has 0 spiro atoms. The Morgan fingerprint density at radius 1 is 1.32 bits per heavy atom. The molecule has 0 aliphatic carbocycles. The number of imidazole rings is 1. The number of benzene rings is 1. The third kappa shape index (κ3) is 2.39. The predicted molar refractivity (Wildman–Crippen MR) is 82.7 cm³/mol. The maximum absolute atomic E-state index is 11.2. The molecule has 1 aromatic carbocycles. The number of halogens is 1. The van der Waals surface area contributed by atoms with Crippen LogP contribution in [0.25, 0.3) is 11.0 Å². The van der Waals surface area contributed by atoms with Crippen molar-refractivity contribution >= 4 is 49.7 Å². The summed E-state index contributed by atoms with van der Waals surface area (Å²) in [7, 11) is 0. The molecule has 0 radical (unpaired) electrons. The van der Waals surface area contributed by atoms with E-state index in [2.05, 4.69) is 31.2 Å². The number of fused-ring (bicyclic) bond motifs is 1. The molecule has 5 nitrogen and oxygen atoms in total. The summed E-state index contributed by atoms with van der Waals surface area (Å²) in [6.07, 6.45) is 0. The highest BCUT2D eigenvalue weighted by atomic mass is 79.9. The number of H-pyrrole nitrogens is 2. The molecule has 5 N–H and O–H groups in total.